The molecule has 2 rings (SSSR count). The molecule has 0 aliphatic heterocycles. The number of carbonyl (C=O) groups is 1. The zero-order valence-corrected chi connectivity index (χ0v) is 12.9. The van der Waals surface area contributed by atoms with Crippen LogP contribution in [0.1, 0.15) is 30.4 Å². The average Bonchev–Trinajstić information content (AvgIpc) is 2.54. The first kappa shape index (κ1) is 17.7. The van der Waals surface area contributed by atoms with E-state index in [9.17, 15) is 13.6 Å². The number of amides is 1. The van der Waals surface area contributed by atoms with Crippen LogP contribution in [-0.2, 0) is 9.47 Å². The lowest BCUT2D eigenvalue weighted by Crippen LogP contribution is -2.20. The Bertz CT molecular complexity index is 649. The lowest BCUT2D eigenvalue weighted by Gasteiger charge is -2.22. The predicted molar refractivity (Wildman–Crippen MR) is 82.4 cm³/mol. The molecule has 128 valence electrons. The molecular weight excluding hydrogens is 320 g/mol. The van der Waals surface area contributed by atoms with Gasteiger partial charge in [-0.2, -0.15) is 8.78 Å². The van der Waals surface area contributed by atoms with Gasteiger partial charge in [0.1, 0.15) is 5.75 Å². The van der Waals surface area contributed by atoms with Gasteiger partial charge in [-0.1, -0.05) is 42.5 Å². The molecule has 0 bridgehead atoms. The van der Waals surface area contributed by atoms with E-state index in [1.54, 1.807) is 43.3 Å². The van der Waals surface area contributed by atoms with Gasteiger partial charge in [0, 0.05) is 5.56 Å². The molecular formula is C17H17F2NO4. The SMILES string of the molecule is CC(OC(OC(N)=O)c1ccccc1)c1ccc(OC(F)F)cc1. The monoisotopic (exact) mass is 337 g/mol. The maximum Gasteiger partial charge on any atom is 0.407 e. The molecule has 5 nitrogen and oxygen atoms in total. The Kier molecular flexibility index (Phi) is 6.08. The Hall–Kier alpha value is -2.67. The smallest absolute Gasteiger partial charge is 0.407 e. The Labute approximate surface area is 137 Å². The Morgan fingerprint density at radius 1 is 1.00 bits per heavy atom. The minimum absolute atomic E-state index is 0.0499. The number of halogens is 2. The van der Waals surface area contributed by atoms with Crippen LogP contribution < -0.4 is 10.5 Å². The Morgan fingerprint density at radius 2 is 1.62 bits per heavy atom. The molecule has 0 radical (unpaired) electrons. The number of hydrogen-bond donors (Lipinski definition) is 1. The molecule has 0 aromatic heterocycles. The minimum Gasteiger partial charge on any atom is -0.435 e. The van der Waals surface area contributed by atoms with Crippen molar-refractivity contribution >= 4 is 6.09 Å². The average molecular weight is 337 g/mol. The highest BCUT2D eigenvalue weighted by Gasteiger charge is 2.20. The number of benzene rings is 2. The molecule has 2 atom stereocenters. The Morgan fingerprint density at radius 3 is 2.17 bits per heavy atom. The van der Waals surface area contributed by atoms with Crippen LogP contribution in [0.3, 0.4) is 0 Å². The summed E-state index contributed by atoms with van der Waals surface area (Å²) in [4.78, 5) is 11.1. The summed E-state index contributed by atoms with van der Waals surface area (Å²) in [6, 6.07) is 14.8. The number of nitrogens with two attached hydrogens (primary N) is 1. The van der Waals surface area contributed by atoms with Crippen molar-refractivity contribution in [2.45, 2.75) is 25.9 Å². The van der Waals surface area contributed by atoms with E-state index in [1.807, 2.05) is 6.07 Å². The number of primary amides is 1. The molecule has 2 unspecified atom stereocenters. The van der Waals surface area contributed by atoms with Crippen LogP contribution in [0.2, 0.25) is 0 Å². The quantitative estimate of drug-likeness (QED) is 0.770. The predicted octanol–water partition coefficient (Wildman–Crippen LogP) is 4.16. The summed E-state index contributed by atoms with van der Waals surface area (Å²) in [6.07, 6.45) is -2.41. The Balaban J connectivity index is 2.09. The van der Waals surface area contributed by atoms with E-state index in [0.29, 0.717) is 11.1 Å². The van der Waals surface area contributed by atoms with Crippen LogP contribution in [0, 0.1) is 0 Å². The van der Waals surface area contributed by atoms with Crippen molar-refractivity contribution in [1.82, 2.24) is 0 Å². The molecule has 7 heteroatoms. The fraction of sp³-hybridized carbons (Fsp3) is 0.235. The summed E-state index contributed by atoms with van der Waals surface area (Å²) in [5.41, 5.74) is 6.41. The molecule has 0 heterocycles. The molecule has 0 spiro atoms. The van der Waals surface area contributed by atoms with Gasteiger partial charge in [0.05, 0.1) is 6.10 Å². The van der Waals surface area contributed by atoms with Crippen molar-refractivity contribution in [2.75, 3.05) is 0 Å². The lowest BCUT2D eigenvalue weighted by molar-refractivity contribution is -0.137. The second-order valence-electron chi connectivity index (χ2n) is 4.91. The van der Waals surface area contributed by atoms with Gasteiger partial charge in [-0.25, -0.2) is 4.79 Å². The highest BCUT2D eigenvalue weighted by atomic mass is 19.3. The van der Waals surface area contributed by atoms with E-state index < -0.39 is 25.1 Å². The summed E-state index contributed by atoms with van der Waals surface area (Å²) in [7, 11) is 0. The van der Waals surface area contributed by atoms with Gasteiger partial charge >= 0.3 is 12.7 Å². The molecule has 24 heavy (non-hydrogen) atoms. The van der Waals surface area contributed by atoms with Crippen LogP contribution in [0.15, 0.2) is 54.6 Å². The van der Waals surface area contributed by atoms with Gasteiger partial charge in [-0.05, 0) is 24.6 Å². The van der Waals surface area contributed by atoms with Crippen molar-refractivity contribution in [3.8, 4) is 5.75 Å². The van der Waals surface area contributed by atoms with E-state index in [0.717, 1.165) is 0 Å². The fourth-order valence-electron chi connectivity index (χ4n) is 2.07. The summed E-state index contributed by atoms with van der Waals surface area (Å²) < 4.78 is 39.3. The zero-order valence-electron chi connectivity index (χ0n) is 12.9. The molecule has 0 saturated heterocycles. The lowest BCUT2D eigenvalue weighted by atomic mass is 10.1. The molecule has 2 N–H and O–H groups in total. The van der Waals surface area contributed by atoms with Crippen molar-refractivity contribution in [3.63, 3.8) is 0 Å². The van der Waals surface area contributed by atoms with Gasteiger partial charge in [0.15, 0.2) is 0 Å². The highest BCUT2D eigenvalue weighted by molar-refractivity contribution is 5.64. The number of alkyl halides is 2. The molecule has 0 aliphatic rings. The number of hydrogen-bond acceptors (Lipinski definition) is 4. The maximum absolute atomic E-state index is 12.2. The van der Waals surface area contributed by atoms with E-state index in [-0.39, 0.29) is 5.75 Å². The van der Waals surface area contributed by atoms with Gasteiger partial charge < -0.3 is 19.9 Å². The third-order valence-electron chi connectivity index (χ3n) is 3.20. The topological polar surface area (TPSA) is 70.8 Å². The number of ether oxygens (including phenoxy) is 3. The maximum atomic E-state index is 12.2. The summed E-state index contributed by atoms with van der Waals surface area (Å²) in [5.74, 6) is 0.0499. The normalized spacial score (nSPS) is 13.3. The van der Waals surface area contributed by atoms with Crippen LogP contribution in [-0.4, -0.2) is 12.7 Å². The first-order valence-corrected chi connectivity index (χ1v) is 7.17. The van der Waals surface area contributed by atoms with Crippen molar-refractivity contribution < 1.29 is 27.8 Å². The van der Waals surface area contributed by atoms with Gasteiger partial charge in [-0.3, -0.25) is 0 Å². The van der Waals surface area contributed by atoms with Crippen LogP contribution in [0.4, 0.5) is 13.6 Å². The summed E-state index contributed by atoms with van der Waals surface area (Å²) in [5, 5.41) is 0. The third kappa shape index (κ3) is 5.20. The van der Waals surface area contributed by atoms with E-state index in [2.05, 4.69) is 4.74 Å². The summed E-state index contributed by atoms with van der Waals surface area (Å²) >= 11 is 0. The van der Waals surface area contributed by atoms with Gasteiger partial charge in [0.25, 0.3) is 0 Å². The summed E-state index contributed by atoms with van der Waals surface area (Å²) in [6.45, 7) is -1.14. The first-order chi connectivity index (χ1) is 11.5. The van der Waals surface area contributed by atoms with Crippen molar-refractivity contribution in [2.24, 2.45) is 5.73 Å². The van der Waals surface area contributed by atoms with E-state index >= 15 is 0 Å². The second kappa shape index (κ2) is 8.26. The van der Waals surface area contributed by atoms with Crippen LogP contribution in [0.5, 0.6) is 5.75 Å². The molecule has 1 amide bonds. The standard InChI is InChI=1S/C17H17F2NO4/c1-11(12-7-9-14(10-8-12)23-16(18)19)22-15(24-17(20)21)13-5-3-2-4-6-13/h2-11,15-16H,1H3,(H2,20,21). The zero-order chi connectivity index (χ0) is 17.5. The molecule has 0 fully saturated rings. The van der Waals surface area contributed by atoms with Crippen molar-refractivity contribution in [3.05, 3.63) is 65.7 Å². The third-order valence-corrected chi connectivity index (χ3v) is 3.20. The van der Waals surface area contributed by atoms with Crippen molar-refractivity contribution in [1.29, 1.82) is 0 Å². The van der Waals surface area contributed by atoms with Gasteiger partial charge in [0.2, 0.25) is 6.29 Å². The van der Waals surface area contributed by atoms with Crippen LogP contribution >= 0.6 is 0 Å². The minimum atomic E-state index is -2.88. The molecule has 2 aromatic rings. The van der Waals surface area contributed by atoms with E-state index in [4.69, 9.17) is 15.2 Å². The number of rotatable bonds is 7. The largest absolute Gasteiger partial charge is 0.435 e. The van der Waals surface area contributed by atoms with Crippen LogP contribution in [0.25, 0.3) is 0 Å². The molecule has 0 saturated carbocycles. The second-order valence-corrected chi connectivity index (χ2v) is 4.91. The molecule has 2 aromatic carbocycles. The number of carbonyl (C=O) groups excluding carboxylic acids is 1. The fourth-order valence-corrected chi connectivity index (χ4v) is 2.07. The molecule has 0 aliphatic carbocycles. The highest BCUT2D eigenvalue weighted by Crippen LogP contribution is 2.28. The first-order valence-electron chi connectivity index (χ1n) is 7.17. The van der Waals surface area contributed by atoms with E-state index in [1.165, 1.54) is 12.1 Å². The van der Waals surface area contributed by atoms with Gasteiger partial charge in [-0.15, -0.1) is 0 Å².